The molecule has 4 bridgehead atoms. The number of halogens is 1. The molecular formula is C29H31FN8O4. The van der Waals surface area contributed by atoms with Crippen molar-refractivity contribution in [3.05, 3.63) is 81.4 Å². The molecule has 5 heterocycles. The van der Waals surface area contributed by atoms with Crippen LogP contribution in [0.3, 0.4) is 0 Å². The first-order valence-corrected chi connectivity index (χ1v) is 13.8. The van der Waals surface area contributed by atoms with E-state index in [0.29, 0.717) is 24.2 Å². The molecule has 0 aliphatic carbocycles. The molecule has 1 saturated heterocycles. The van der Waals surface area contributed by atoms with E-state index < -0.39 is 11.5 Å². The van der Waals surface area contributed by atoms with E-state index in [0.717, 1.165) is 16.8 Å². The maximum atomic E-state index is 14.0. The quantitative estimate of drug-likeness (QED) is 0.370. The number of likely N-dealkylation sites (N-methyl/N-ethyl adjacent to an activating group) is 1. The molecule has 2 atom stereocenters. The van der Waals surface area contributed by atoms with Crippen molar-refractivity contribution < 1.29 is 18.8 Å². The Bertz CT molecular complexity index is 1760. The number of nitrogens with zero attached hydrogens (tertiary/aromatic N) is 6. The van der Waals surface area contributed by atoms with Gasteiger partial charge in [0.05, 0.1) is 25.2 Å². The Morgan fingerprint density at radius 3 is 2.83 bits per heavy atom. The molecule has 2 N–H and O–H groups in total. The highest BCUT2D eigenvalue weighted by molar-refractivity contribution is 5.94. The van der Waals surface area contributed by atoms with E-state index in [9.17, 15) is 23.6 Å². The van der Waals surface area contributed by atoms with Crippen LogP contribution in [0.2, 0.25) is 0 Å². The van der Waals surface area contributed by atoms with Gasteiger partial charge < -0.3 is 24.7 Å². The summed E-state index contributed by atoms with van der Waals surface area (Å²) in [6.45, 7) is 3.08. The third-order valence-electron chi connectivity index (χ3n) is 8.26. The van der Waals surface area contributed by atoms with Crippen LogP contribution in [-0.2, 0) is 22.6 Å². The van der Waals surface area contributed by atoms with Gasteiger partial charge in [0, 0.05) is 68.4 Å². The van der Waals surface area contributed by atoms with Crippen LogP contribution in [0.5, 0.6) is 0 Å². The SMILES string of the molecule is Cc1[nH]c2ccc(F)cc2c1CC(=O)N1C[C@@H]2CC(=O)N(C)CCNC(=O)c3cccn(c3=O)Cc3cn(nn3)[C@@H]2C1. The summed E-state index contributed by atoms with van der Waals surface area (Å²) in [6.07, 6.45) is 3.57. The Kier molecular flexibility index (Phi) is 7.09. The smallest absolute Gasteiger partial charge is 0.263 e. The van der Waals surface area contributed by atoms with Crippen molar-refractivity contribution in [2.45, 2.75) is 32.4 Å². The van der Waals surface area contributed by atoms with Crippen LogP contribution in [0.25, 0.3) is 10.9 Å². The average molecular weight is 575 g/mol. The van der Waals surface area contributed by atoms with E-state index in [1.807, 2.05) is 6.92 Å². The molecule has 3 aromatic heterocycles. The molecule has 2 aliphatic rings. The fraction of sp³-hybridized carbons (Fsp3) is 0.379. The summed E-state index contributed by atoms with van der Waals surface area (Å²) >= 11 is 0. The molecule has 1 fully saturated rings. The van der Waals surface area contributed by atoms with Gasteiger partial charge in [0.2, 0.25) is 11.8 Å². The number of hydrogen-bond donors (Lipinski definition) is 2. The third kappa shape index (κ3) is 5.17. The van der Waals surface area contributed by atoms with Crippen molar-refractivity contribution in [3.63, 3.8) is 0 Å². The lowest BCUT2D eigenvalue weighted by molar-refractivity contribution is -0.132. The zero-order valence-electron chi connectivity index (χ0n) is 23.3. The molecule has 6 rings (SSSR count). The van der Waals surface area contributed by atoms with Crippen LogP contribution in [0, 0.1) is 18.7 Å². The average Bonchev–Trinajstić information content (AvgIpc) is 3.67. The van der Waals surface area contributed by atoms with E-state index in [-0.39, 0.29) is 67.6 Å². The normalized spacial score (nSPS) is 19.7. The summed E-state index contributed by atoms with van der Waals surface area (Å²) in [4.78, 5) is 58.9. The van der Waals surface area contributed by atoms with Gasteiger partial charge in [-0.3, -0.25) is 19.2 Å². The molecule has 12 nitrogen and oxygen atoms in total. The molecule has 0 spiro atoms. The summed E-state index contributed by atoms with van der Waals surface area (Å²) in [6, 6.07) is 7.25. The molecular weight excluding hydrogens is 543 g/mol. The summed E-state index contributed by atoms with van der Waals surface area (Å²) in [5.41, 5.74) is 2.37. The highest BCUT2D eigenvalue weighted by Gasteiger charge is 2.39. The topological polar surface area (TPSA) is 138 Å². The summed E-state index contributed by atoms with van der Waals surface area (Å²) < 4.78 is 17.1. The van der Waals surface area contributed by atoms with Crippen molar-refractivity contribution in [3.8, 4) is 0 Å². The molecule has 1 aromatic carbocycles. The summed E-state index contributed by atoms with van der Waals surface area (Å²) in [5.74, 6) is -1.39. The van der Waals surface area contributed by atoms with Crippen LogP contribution in [0.15, 0.2) is 47.5 Å². The first-order valence-electron chi connectivity index (χ1n) is 13.8. The largest absolute Gasteiger partial charge is 0.358 e. The lowest BCUT2D eigenvalue weighted by atomic mass is 9.99. The number of H-pyrrole nitrogens is 1. The Labute approximate surface area is 240 Å². The van der Waals surface area contributed by atoms with E-state index in [2.05, 4.69) is 20.6 Å². The predicted octanol–water partition coefficient (Wildman–Crippen LogP) is 1.25. The number of rotatable bonds is 2. The fourth-order valence-corrected chi connectivity index (χ4v) is 5.90. The number of carbonyl (C=O) groups excluding carboxylic acids is 3. The zero-order chi connectivity index (χ0) is 29.5. The number of benzene rings is 1. The van der Waals surface area contributed by atoms with Gasteiger partial charge in [-0.05, 0) is 42.8 Å². The Morgan fingerprint density at radius 2 is 2.00 bits per heavy atom. The first kappa shape index (κ1) is 27.4. The number of fused-ring (bicyclic) bond motifs is 7. The summed E-state index contributed by atoms with van der Waals surface area (Å²) in [5, 5.41) is 12.0. The molecule has 218 valence electrons. The number of aromatic nitrogens is 5. The second kappa shape index (κ2) is 10.9. The number of likely N-dealkylation sites (tertiary alicyclic amines) is 1. The lowest BCUT2D eigenvalue weighted by Gasteiger charge is -2.22. The van der Waals surface area contributed by atoms with E-state index in [1.165, 1.54) is 27.7 Å². The zero-order valence-corrected chi connectivity index (χ0v) is 23.3. The van der Waals surface area contributed by atoms with Gasteiger partial charge in [-0.1, -0.05) is 5.21 Å². The van der Waals surface area contributed by atoms with Gasteiger partial charge >= 0.3 is 0 Å². The highest BCUT2D eigenvalue weighted by Crippen LogP contribution is 2.32. The van der Waals surface area contributed by atoms with Crippen molar-refractivity contribution in [1.29, 1.82) is 0 Å². The minimum atomic E-state index is -0.510. The molecule has 0 saturated carbocycles. The van der Waals surface area contributed by atoms with Crippen LogP contribution in [-0.4, -0.2) is 85.3 Å². The van der Waals surface area contributed by atoms with Gasteiger partial charge in [0.1, 0.15) is 17.1 Å². The minimum Gasteiger partial charge on any atom is -0.358 e. The van der Waals surface area contributed by atoms with Crippen molar-refractivity contribution in [2.75, 3.05) is 33.2 Å². The van der Waals surface area contributed by atoms with Gasteiger partial charge in [0.25, 0.3) is 11.5 Å². The number of aromatic amines is 1. The monoisotopic (exact) mass is 574 g/mol. The molecule has 0 radical (unpaired) electrons. The number of pyridine rings is 1. The second-order valence-corrected chi connectivity index (χ2v) is 11.0. The molecule has 3 amide bonds. The van der Waals surface area contributed by atoms with Crippen LogP contribution in [0.1, 0.15) is 39.8 Å². The van der Waals surface area contributed by atoms with Gasteiger partial charge in [-0.25, -0.2) is 9.07 Å². The number of aryl methyl sites for hydroxylation is 1. The third-order valence-corrected chi connectivity index (χ3v) is 8.26. The van der Waals surface area contributed by atoms with Crippen LogP contribution in [0.4, 0.5) is 4.39 Å². The Balaban J connectivity index is 1.29. The van der Waals surface area contributed by atoms with Crippen molar-refractivity contribution >= 4 is 28.6 Å². The van der Waals surface area contributed by atoms with Gasteiger partial charge in [-0.2, -0.15) is 0 Å². The number of carbonyl (C=O) groups is 3. The van der Waals surface area contributed by atoms with Gasteiger partial charge in [-0.15, -0.1) is 5.10 Å². The molecule has 4 aromatic rings. The molecule has 42 heavy (non-hydrogen) atoms. The fourth-order valence-electron chi connectivity index (χ4n) is 5.90. The summed E-state index contributed by atoms with van der Waals surface area (Å²) in [7, 11) is 1.66. The van der Waals surface area contributed by atoms with Crippen LogP contribution < -0.4 is 10.9 Å². The second-order valence-electron chi connectivity index (χ2n) is 11.0. The number of amides is 3. The number of hydrogen-bond acceptors (Lipinski definition) is 6. The molecule has 2 aliphatic heterocycles. The molecule has 13 heteroatoms. The van der Waals surface area contributed by atoms with Crippen molar-refractivity contribution in [1.82, 2.24) is 39.7 Å². The van der Waals surface area contributed by atoms with E-state index >= 15 is 0 Å². The molecule has 0 unspecified atom stereocenters. The standard InChI is InChI=1S/C29H31FN8O4/c1-17-22(23-11-19(30)5-6-24(23)32-17)12-27(40)37-13-18-10-26(39)35(2)9-7-31-28(41)21-4-3-8-36(29(21)42)14-20-15-38(34-33-20)25(18)16-37/h3-6,8,11,15,18,25,32H,7,9-10,12-14,16H2,1-2H3,(H,31,41)/t18-,25+/m0/s1. The van der Waals surface area contributed by atoms with E-state index in [4.69, 9.17) is 0 Å². The Hall–Kier alpha value is -4.81. The Morgan fingerprint density at radius 1 is 1.17 bits per heavy atom. The highest BCUT2D eigenvalue weighted by atomic mass is 19.1. The van der Waals surface area contributed by atoms with Crippen LogP contribution >= 0.6 is 0 Å². The van der Waals surface area contributed by atoms with Crippen molar-refractivity contribution in [2.24, 2.45) is 5.92 Å². The maximum Gasteiger partial charge on any atom is 0.263 e. The van der Waals surface area contributed by atoms with E-state index in [1.54, 1.807) is 41.2 Å². The maximum absolute atomic E-state index is 14.0. The first-order chi connectivity index (χ1) is 20.2. The predicted molar refractivity (Wildman–Crippen MR) is 150 cm³/mol. The van der Waals surface area contributed by atoms with Gasteiger partial charge in [0.15, 0.2) is 0 Å². The number of nitrogens with one attached hydrogen (secondary N) is 2. The minimum absolute atomic E-state index is 0.00385. The lowest BCUT2D eigenvalue weighted by Crippen LogP contribution is -2.39.